The molecule has 0 aliphatic rings. The third kappa shape index (κ3) is 7.77. The second-order valence-electron chi connectivity index (χ2n) is 4.35. The minimum Gasteiger partial charge on any atom is -0.330 e. The summed E-state index contributed by atoms with van der Waals surface area (Å²) >= 11 is 0. The highest BCUT2D eigenvalue weighted by atomic mass is 31.1. The van der Waals surface area contributed by atoms with Crippen molar-refractivity contribution in [3.63, 3.8) is 0 Å². The van der Waals surface area contributed by atoms with Crippen LogP contribution in [0.2, 0.25) is 0 Å². The van der Waals surface area contributed by atoms with E-state index in [0.717, 1.165) is 15.1 Å². The smallest absolute Gasteiger partial charge is 0.00773 e. The van der Waals surface area contributed by atoms with Gasteiger partial charge in [0.15, 0.2) is 0 Å². The molecule has 0 bridgehead atoms. The van der Waals surface area contributed by atoms with Crippen LogP contribution in [0.5, 0.6) is 0 Å². The van der Waals surface area contributed by atoms with E-state index in [1.54, 1.807) is 0 Å². The van der Waals surface area contributed by atoms with E-state index in [-0.39, 0.29) is 0 Å². The van der Waals surface area contributed by atoms with Crippen molar-refractivity contribution >= 4 is 19.2 Å². The maximum absolute atomic E-state index is 5.21. The Morgan fingerprint density at radius 1 is 0.789 bits per heavy atom. The van der Waals surface area contributed by atoms with E-state index >= 15 is 0 Å². The van der Waals surface area contributed by atoms with Gasteiger partial charge >= 0.3 is 0 Å². The van der Waals surface area contributed by atoms with Gasteiger partial charge in [0.2, 0.25) is 0 Å². The summed E-state index contributed by atoms with van der Waals surface area (Å²) in [5.41, 5.74) is 5.21. The van der Waals surface area contributed by atoms with Crippen molar-refractivity contribution in [2.24, 2.45) is 5.73 Å². The van der Waals surface area contributed by atoms with E-state index in [9.17, 15) is 0 Å². The Morgan fingerprint density at radius 3 is 1.58 bits per heavy atom. The normalized spacial score (nSPS) is 9.58. The number of benzene rings is 2. The van der Waals surface area contributed by atoms with Gasteiger partial charge < -0.3 is 5.73 Å². The van der Waals surface area contributed by atoms with Gasteiger partial charge in [-0.2, -0.15) is 0 Å². The van der Waals surface area contributed by atoms with E-state index in [0.29, 0.717) is 0 Å². The Kier molecular flexibility index (Phi) is 8.97. The van der Waals surface area contributed by atoms with Gasteiger partial charge in [0.05, 0.1) is 0 Å². The monoisotopic (exact) mass is 273 g/mol. The molecule has 0 spiro atoms. The molecule has 0 aliphatic heterocycles. The van der Waals surface area contributed by atoms with E-state index in [2.05, 4.69) is 67.6 Å². The molecule has 0 amide bonds. The molecular formula is C17H24NP. The zero-order valence-electron chi connectivity index (χ0n) is 11.7. The van der Waals surface area contributed by atoms with Crippen molar-refractivity contribution in [3.05, 3.63) is 60.7 Å². The quantitative estimate of drug-likeness (QED) is 0.655. The lowest BCUT2D eigenvalue weighted by molar-refractivity contribution is 0.727. The van der Waals surface area contributed by atoms with Crippen LogP contribution in [-0.2, 0) is 0 Å². The number of hydrogen-bond donors (Lipinski definition) is 1. The molecule has 2 aromatic rings. The molecule has 19 heavy (non-hydrogen) atoms. The molecule has 0 saturated carbocycles. The second kappa shape index (κ2) is 10.7. The molecule has 2 heteroatoms. The molecule has 0 unspecified atom stereocenters. The zero-order chi connectivity index (χ0) is 13.8. The summed E-state index contributed by atoms with van der Waals surface area (Å²) in [7, 11) is 0.777. The minimum atomic E-state index is 0.777. The number of nitrogens with two attached hydrogens (primary N) is 1. The van der Waals surface area contributed by atoms with Crippen LogP contribution in [-0.4, -0.2) is 6.54 Å². The maximum atomic E-state index is 5.21. The molecule has 102 valence electrons. The van der Waals surface area contributed by atoms with Crippen LogP contribution in [0.1, 0.15) is 26.2 Å². The van der Waals surface area contributed by atoms with E-state index in [1.807, 2.05) is 0 Å². The van der Waals surface area contributed by atoms with Crippen LogP contribution in [0.25, 0.3) is 0 Å². The Bertz CT molecular complexity index is 372. The molecule has 0 aromatic heterocycles. The summed E-state index contributed by atoms with van der Waals surface area (Å²) in [4.78, 5) is 0. The first-order chi connectivity index (χ1) is 9.36. The van der Waals surface area contributed by atoms with E-state index in [4.69, 9.17) is 5.73 Å². The van der Waals surface area contributed by atoms with Crippen LogP contribution >= 0.6 is 8.58 Å². The lowest BCUT2D eigenvalue weighted by Gasteiger charge is -2.00. The first kappa shape index (κ1) is 15.9. The molecule has 0 radical (unpaired) electrons. The van der Waals surface area contributed by atoms with Gasteiger partial charge in [-0.25, -0.2) is 0 Å². The van der Waals surface area contributed by atoms with Crippen molar-refractivity contribution in [2.75, 3.05) is 6.54 Å². The van der Waals surface area contributed by atoms with Crippen LogP contribution in [0.4, 0.5) is 0 Å². The van der Waals surface area contributed by atoms with Gasteiger partial charge in [-0.05, 0) is 23.6 Å². The number of hydrogen-bond acceptors (Lipinski definition) is 1. The fourth-order valence-corrected chi connectivity index (χ4v) is 2.66. The molecule has 0 atom stereocenters. The van der Waals surface area contributed by atoms with Gasteiger partial charge in [0, 0.05) is 0 Å². The first-order valence-corrected chi connectivity index (χ1v) is 7.94. The Morgan fingerprint density at radius 2 is 1.26 bits per heavy atom. The molecule has 0 fully saturated rings. The molecule has 2 N–H and O–H groups in total. The Balaban J connectivity index is 0.000000258. The molecular weight excluding hydrogens is 249 g/mol. The largest absolute Gasteiger partial charge is 0.330 e. The number of unbranched alkanes of at least 4 members (excludes halogenated alkanes) is 2. The average Bonchev–Trinajstić information content (AvgIpc) is 2.48. The predicted molar refractivity (Wildman–Crippen MR) is 89.0 cm³/mol. The van der Waals surface area contributed by atoms with Gasteiger partial charge in [-0.3, -0.25) is 0 Å². The topological polar surface area (TPSA) is 26.0 Å². The van der Waals surface area contributed by atoms with Crippen molar-refractivity contribution in [3.8, 4) is 0 Å². The summed E-state index contributed by atoms with van der Waals surface area (Å²) in [5, 5.41) is 2.79. The molecule has 2 rings (SSSR count). The fraction of sp³-hybridized carbons (Fsp3) is 0.294. The first-order valence-electron chi connectivity index (χ1n) is 6.94. The summed E-state index contributed by atoms with van der Waals surface area (Å²) in [5.74, 6) is 0. The van der Waals surface area contributed by atoms with Gasteiger partial charge in [-0.1, -0.05) is 89.0 Å². The standard InChI is InChI=1S/C12H11P.C5H13N/c1-3-7-11(8-4-1)13-12-9-5-2-6-10-12;1-2-3-4-5-6/h1-10,13H;2-6H2,1H3. The van der Waals surface area contributed by atoms with Gasteiger partial charge in [0.1, 0.15) is 0 Å². The minimum absolute atomic E-state index is 0.777. The third-order valence-corrected chi connectivity index (χ3v) is 3.89. The highest BCUT2D eigenvalue weighted by Crippen LogP contribution is 2.08. The number of rotatable bonds is 5. The predicted octanol–water partition coefficient (Wildman–Crippen LogP) is 3.45. The molecule has 0 aliphatic carbocycles. The van der Waals surface area contributed by atoms with Crippen molar-refractivity contribution in [1.82, 2.24) is 0 Å². The van der Waals surface area contributed by atoms with Crippen LogP contribution < -0.4 is 16.3 Å². The lowest BCUT2D eigenvalue weighted by Crippen LogP contribution is -2.01. The highest BCUT2D eigenvalue weighted by Gasteiger charge is 1.92. The van der Waals surface area contributed by atoms with Crippen molar-refractivity contribution in [1.29, 1.82) is 0 Å². The summed E-state index contributed by atoms with van der Waals surface area (Å²) in [6, 6.07) is 21.2. The third-order valence-electron chi connectivity index (χ3n) is 2.64. The molecule has 1 nitrogen and oxygen atoms in total. The van der Waals surface area contributed by atoms with Gasteiger partial charge in [-0.15, -0.1) is 0 Å². The summed E-state index contributed by atoms with van der Waals surface area (Å²) in [6.45, 7) is 3.03. The zero-order valence-corrected chi connectivity index (χ0v) is 12.7. The fourth-order valence-electron chi connectivity index (χ4n) is 1.60. The van der Waals surface area contributed by atoms with E-state index in [1.165, 1.54) is 29.9 Å². The molecule has 0 saturated heterocycles. The van der Waals surface area contributed by atoms with Crippen molar-refractivity contribution in [2.45, 2.75) is 26.2 Å². The maximum Gasteiger partial charge on any atom is -0.00773 e. The summed E-state index contributed by atoms with van der Waals surface area (Å²) < 4.78 is 0. The van der Waals surface area contributed by atoms with Crippen LogP contribution in [0.15, 0.2) is 60.7 Å². The molecule has 0 heterocycles. The Hall–Kier alpha value is -1.17. The SMILES string of the molecule is CCCCCN.c1ccc(Pc2ccccc2)cc1. The summed E-state index contributed by atoms with van der Waals surface area (Å²) in [6.07, 6.45) is 3.75. The highest BCUT2D eigenvalue weighted by molar-refractivity contribution is 7.55. The lowest BCUT2D eigenvalue weighted by atomic mass is 10.3. The molecule has 2 aromatic carbocycles. The Labute approximate surface area is 119 Å². The second-order valence-corrected chi connectivity index (χ2v) is 5.76. The van der Waals surface area contributed by atoms with Crippen molar-refractivity contribution < 1.29 is 0 Å². The average molecular weight is 273 g/mol. The van der Waals surface area contributed by atoms with Gasteiger partial charge in [0.25, 0.3) is 0 Å². The van der Waals surface area contributed by atoms with Crippen LogP contribution in [0.3, 0.4) is 0 Å². The van der Waals surface area contributed by atoms with Crippen LogP contribution in [0, 0.1) is 0 Å². The van der Waals surface area contributed by atoms with E-state index < -0.39 is 0 Å².